The minimum atomic E-state index is -3.80. The van der Waals surface area contributed by atoms with Crippen LogP contribution in [0.3, 0.4) is 0 Å². The van der Waals surface area contributed by atoms with Crippen LogP contribution in [0.4, 0.5) is 32.6 Å². The number of alkyl carbamates (subject to hydrolysis) is 2. The molecule has 0 unspecified atom stereocenters. The molecule has 7 N–H and O–H groups in total. The lowest BCUT2D eigenvalue weighted by Crippen LogP contribution is -2.38. The maximum atomic E-state index is 13.1. The van der Waals surface area contributed by atoms with Gasteiger partial charge in [0.2, 0.25) is 20.0 Å². The van der Waals surface area contributed by atoms with E-state index < -0.39 is 20.0 Å². The van der Waals surface area contributed by atoms with E-state index in [0.717, 1.165) is 71.1 Å². The molecule has 76 heavy (non-hydrogen) atoms. The second-order valence-electron chi connectivity index (χ2n) is 18.6. The first-order chi connectivity index (χ1) is 36.3. The van der Waals surface area contributed by atoms with E-state index in [2.05, 4.69) is 61.1 Å². The van der Waals surface area contributed by atoms with Gasteiger partial charge in [0.15, 0.2) is 16.8 Å². The van der Waals surface area contributed by atoms with Gasteiger partial charge in [0.25, 0.3) is 5.56 Å². The highest BCUT2D eigenvalue weighted by atomic mass is 35.5. The van der Waals surface area contributed by atoms with Crippen LogP contribution in [0.15, 0.2) is 87.6 Å². The van der Waals surface area contributed by atoms with Crippen LogP contribution in [0.5, 0.6) is 0 Å². The van der Waals surface area contributed by atoms with Crippen molar-refractivity contribution in [3.8, 4) is 20.9 Å². The number of halogens is 1. The normalized spacial score (nSPS) is 17.8. The van der Waals surface area contributed by atoms with Crippen molar-refractivity contribution in [2.75, 3.05) is 23.7 Å². The minimum Gasteiger partial charge on any atom is -0.447 e. The molecule has 0 radical (unpaired) electrons. The predicted octanol–water partition coefficient (Wildman–Crippen LogP) is 9.55. The van der Waals surface area contributed by atoms with Gasteiger partial charge in [-0.15, -0.1) is 32.9 Å². The lowest BCUT2D eigenvalue weighted by molar-refractivity contribution is 0.108. The Labute approximate surface area is 455 Å². The van der Waals surface area contributed by atoms with Gasteiger partial charge in [0.1, 0.15) is 0 Å². The first kappa shape index (κ1) is 57.6. The van der Waals surface area contributed by atoms with Crippen LogP contribution in [-0.2, 0) is 29.5 Å². The molecule has 2 amide bonds. The number of aromatic amines is 1. The highest BCUT2D eigenvalue weighted by molar-refractivity contribution is 7.90. The molecule has 0 spiro atoms. The fourth-order valence-corrected chi connectivity index (χ4v) is 13.7. The first-order valence-electron chi connectivity index (χ1n) is 25.0. The van der Waals surface area contributed by atoms with Crippen LogP contribution in [-0.4, -0.2) is 96.8 Å². The molecular formula is C50H63ClN12O9S4. The van der Waals surface area contributed by atoms with Gasteiger partial charge in [-0.2, -0.15) is 5.10 Å². The SMILES string of the molecule is CCNS(=O)(=O)c1cc(Nc2ccc(=O)[nH]n2)ccc1-c1cnc(C2CCC(NC(=O)OC(C)C)CC2)s1.CCNS(=O)(=O)c1cc(Nc2ccc(Cl)nn2)ccc1-c1cnc(C2CCC(NC(=O)OC(C)C)CC2)s1. The van der Waals surface area contributed by atoms with Gasteiger partial charge < -0.3 is 30.7 Å². The molecule has 2 saturated carbocycles. The first-order valence-corrected chi connectivity index (χ1v) is 30.0. The van der Waals surface area contributed by atoms with Crippen molar-refractivity contribution < 1.29 is 35.9 Å². The number of hydrogen-bond acceptors (Lipinski definition) is 18. The Morgan fingerprint density at radius 1 is 0.645 bits per heavy atom. The monoisotopic (exact) mass is 1140 g/mol. The summed E-state index contributed by atoms with van der Waals surface area (Å²) >= 11 is 8.80. The summed E-state index contributed by atoms with van der Waals surface area (Å²) in [5.74, 6) is 1.32. The lowest BCUT2D eigenvalue weighted by Gasteiger charge is -2.28. The molecule has 4 heterocycles. The number of amides is 2. The minimum absolute atomic E-state index is 0.0748. The molecule has 2 fully saturated rings. The van der Waals surface area contributed by atoms with Crippen molar-refractivity contribution in [2.24, 2.45) is 0 Å². The second-order valence-corrected chi connectivity index (χ2v) is 24.6. The van der Waals surface area contributed by atoms with Gasteiger partial charge in [0.05, 0.1) is 41.8 Å². The summed E-state index contributed by atoms with van der Waals surface area (Å²) in [6.07, 6.45) is 9.21. The van der Waals surface area contributed by atoms with Crippen LogP contribution < -0.4 is 36.3 Å². The van der Waals surface area contributed by atoms with Crippen LogP contribution in [0.2, 0.25) is 5.15 Å². The van der Waals surface area contributed by atoms with E-state index >= 15 is 0 Å². The standard InChI is InChI=1S/C25H31ClN6O4S2.C25H32N6O5S2/c1-4-28-38(34,35)21-13-18(29-23-12-11-22(26)31-32-23)9-10-19(21)20-14-27-24(37-20)16-5-7-17(8-6-16)30-25(33)36-15(2)3;1-4-27-38(34,35)21-13-18(28-22-11-12-23(32)31-30-22)9-10-19(21)20-14-26-24(37-20)16-5-7-17(8-6-16)29-25(33)36-15(2)3/h9-17,28H,4-8H2,1-3H3,(H,29,32)(H,30,33);9-17,27H,4-8H2,1-3H3,(H,28,30)(H,29,33)(H,31,32). The second kappa shape index (κ2) is 26.3. The van der Waals surface area contributed by atoms with Crippen molar-refractivity contribution in [1.29, 1.82) is 0 Å². The van der Waals surface area contributed by atoms with E-state index in [0.29, 0.717) is 34.1 Å². The molecule has 0 saturated heterocycles. The molecular weight excluding hydrogens is 1080 g/mol. The highest BCUT2D eigenvalue weighted by Crippen LogP contribution is 2.42. The largest absolute Gasteiger partial charge is 0.447 e. The quantitative estimate of drug-likeness (QED) is 0.0421. The van der Waals surface area contributed by atoms with E-state index in [1.807, 2.05) is 27.7 Å². The number of sulfonamides is 2. The van der Waals surface area contributed by atoms with Crippen LogP contribution in [0, 0.1) is 0 Å². The molecule has 21 nitrogen and oxygen atoms in total. The molecule has 2 aliphatic rings. The molecule has 2 aliphatic carbocycles. The van der Waals surface area contributed by atoms with Gasteiger partial charge in [-0.3, -0.25) is 4.79 Å². The topological polar surface area (TPSA) is 290 Å². The third-order valence-electron chi connectivity index (χ3n) is 12.1. The average Bonchev–Trinajstić information content (AvgIpc) is 4.09. The Morgan fingerprint density at radius 3 is 1.49 bits per heavy atom. The zero-order valence-electron chi connectivity index (χ0n) is 42.9. The molecule has 4 aromatic heterocycles. The zero-order valence-corrected chi connectivity index (χ0v) is 46.9. The third kappa shape index (κ3) is 16.0. The third-order valence-corrected chi connectivity index (χ3v) is 17.9. The number of anilines is 4. The molecule has 6 aromatic rings. The predicted molar refractivity (Wildman–Crippen MR) is 295 cm³/mol. The van der Waals surface area contributed by atoms with Gasteiger partial charge in [-0.05, 0) is 122 Å². The summed E-state index contributed by atoms with van der Waals surface area (Å²) in [5, 5.41) is 28.2. The van der Waals surface area contributed by atoms with Crippen molar-refractivity contribution >= 4 is 89.5 Å². The number of rotatable bonds is 18. The summed E-state index contributed by atoms with van der Waals surface area (Å²) in [4.78, 5) is 46.2. The molecule has 0 bridgehead atoms. The zero-order chi connectivity index (χ0) is 54.6. The summed E-state index contributed by atoms with van der Waals surface area (Å²) in [6, 6.07) is 16.5. The van der Waals surface area contributed by atoms with Gasteiger partial charge in [-0.25, -0.2) is 50.9 Å². The number of aromatic nitrogens is 6. The molecule has 0 atom stereocenters. The molecule has 2 aromatic carbocycles. The molecule has 26 heteroatoms. The van der Waals surface area contributed by atoms with E-state index in [9.17, 15) is 31.2 Å². The van der Waals surface area contributed by atoms with Gasteiger partial charge in [0, 0.05) is 78.0 Å². The number of carbonyl (C=O) groups excluding carboxylic acids is 2. The van der Waals surface area contributed by atoms with Crippen LogP contribution in [0.1, 0.15) is 115 Å². The fraction of sp³-hybridized carbons (Fsp3) is 0.440. The van der Waals surface area contributed by atoms with Crippen LogP contribution in [0.25, 0.3) is 20.9 Å². The number of thiazole rings is 2. The van der Waals surface area contributed by atoms with Crippen molar-refractivity contribution in [1.82, 2.24) is 50.4 Å². The number of carbonyl (C=O) groups is 2. The lowest BCUT2D eigenvalue weighted by atomic mass is 9.86. The summed E-state index contributed by atoms with van der Waals surface area (Å²) in [5.41, 5.74) is 1.86. The number of hydrogen-bond donors (Lipinski definition) is 7. The van der Waals surface area contributed by atoms with Crippen LogP contribution >= 0.6 is 34.3 Å². The number of nitrogens with one attached hydrogen (secondary N) is 7. The Kier molecular flexibility index (Phi) is 19.9. The summed E-state index contributed by atoms with van der Waals surface area (Å²) in [6.45, 7) is 11.3. The number of nitrogens with zero attached hydrogens (tertiary/aromatic N) is 5. The Morgan fingerprint density at radius 2 is 1.09 bits per heavy atom. The van der Waals surface area contributed by atoms with Crippen molar-refractivity contribution in [2.45, 2.75) is 139 Å². The Balaban J connectivity index is 0.000000221. The average molecular weight is 1140 g/mol. The van der Waals surface area contributed by atoms with Gasteiger partial charge >= 0.3 is 12.2 Å². The van der Waals surface area contributed by atoms with E-state index in [1.165, 1.54) is 34.8 Å². The fourth-order valence-electron chi connectivity index (χ4n) is 8.68. The number of ether oxygens (including phenoxy) is 2. The Hall–Kier alpha value is -6.09. The summed E-state index contributed by atoms with van der Waals surface area (Å²) in [7, 11) is -7.57. The molecule has 0 aliphatic heterocycles. The maximum Gasteiger partial charge on any atom is 0.407 e. The summed E-state index contributed by atoms with van der Waals surface area (Å²) < 4.78 is 68.0. The van der Waals surface area contributed by atoms with E-state index in [1.54, 1.807) is 74.8 Å². The number of H-pyrrole nitrogens is 1. The molecule has 408 valence electrons. The smallest absolute Gasteiger partial charge is 0.407 e. The number of benzene rings is 2. The van der Waals surface area contributed by atoms with Crippen molar-refractivity contribution in [3.63, 3.8) is 0 Å². The van der Waals surface area contributed by atoms with E-state index in [-0.39, 0.29) is 81.9 Å². The molecule has 8 rings (SSSR count). The Bertz CT molecular complexity index is 3190. The van der Waals surface area contributed by atoms with E-state index in [4.69, 9.17) is 21.1 Å². The maximum absolute atomic E-state index is 13.1. The highest BCUT2D eigenvalue weighted by Gasteiger charge is 2.30. The van der Waals surface area contributed by atoms with Gasteiger partial charge in [-0.1, -0.05) is 37.6 Å². The van der Waals surface area contributed by atoms with Crippen molar-refractivity contribution in [3.05, 3.63) is 98.6 Å².